The second-order valence-electron chi connectivity index (χ2n) is 3.40. The Labute approximate surface area is 106 Å². The lowest BCUT2D eigenvalue weighted by Crippen LogP contribution is -2.23. The van der Waals surface area contributed by atoms with Crippen LogP contribution in [0.5, 0.6) is 0 Å². The Morgan fingerprint density at radius 1 is 1.39 bits per heavy atom. The average Bonchev–Trinajstić information content (AvgIpc) is 2.90. The van der Waals surface area contributed by atoms with Gasteiger partial charge < -0.3 is 10.4 Å². The van der Waals surface area contributed by atoms with Crippen LogP contribution in [0, 0.1) is 0 Å². The number of nitrogens with zero attached hydrogens (tertiary/aromatic N) is 2. The fraction of sp³-hybridized carbons (Fsp3) is 0.0909. The van der Waals surface area contributed by atoms with E-state index in [1.165, 1.54) is 29.7 Å². The van der Waals surface area contributed by atoms with Crippen molar-refractivity contribution in [1.29, 1.82) is 0 Å². The molecule has 18 heavy (non-hydrogen) atoms. The summed E-state index contributed by atoms with van der Waals surface area (Å²) in [5, 5.41) is 13.1. The summed E-state index contributed by atoms with van der Waals surface area (Å²) < 4.78 is 0. The van der Waals surface area contributed by atoms with Gasteiger partial charge >= 0.3 is 5.97 Å². The molecule has 0 fully saturated rings. The summed E-state index contributed by atoms with van der Waals surface area (Å²) in [5.41, 5.74) is 2.54. The first-order valence-electron chi connectivity index (χ1n) is 5.01. The van der Waals surface area contributed by atoms with Gasteiger partial charge in [-0.3, -0.25) is 9.78 Å². The Hall–Kier alpha value is -2.28. The monoisotopic (exact) mass is 263 g/mol. The zero-order chi connectivity index (χ0) is 13.0. The molecule has 7 heteroatoms. The maximum absolute atomic E-state index is 11.6. The standard InChI is InChI=1S/C11H9N3O3S/c15-10(9-5-18-6-14-9)13-4-8-3-7(11(16)17)1-2-12-8/h1-3,5-6H,4H2,(H,13,15)(H,16,17). The van der Waals surface area contributed by atoms with Crippen LogP contribution < -0.4 is 5.32 Å². The minimum Gasteiger partial charge on any atom is -0.478 e. The third-order valence-corrected chi connectivity index (χ3v) is 2.75. The van der Waals surface area contributed by atoms with Crippen molar-refractivity contribution in [3.8, 4) is 0 Å². The molecule has 1 amide bonds. The minimum atomic E-state index is -1.02. The lowest BCUT2D eigenvalue weighted by molar-refractivity contribution is 0.0696. The number of amides is 1. The van der Waals surface area contributed by atoms with Crippen molar-refractivity contribution in [3.63, 3.8) is 0 Å². The van der Waals surface area contributed by atoms with Crippen molar-refractivity contribution in [2.75, 3.05) is 0 Å². The number of carboxylic acid groups (broad SMARTS) is 1. The Balaban J connectivity index is 2.00. The molecular weight excluding hydrogens is 254 g/mol. The largest absolute Gasteiger partial charge is 0.478 e. The summed E-state index contributed by atoms with van der Waals surface area (Å²) in [4.78, 5) is 30.2. The second-order valence-corrected chi connectivity index (χ2v) is 4.12. The van der Waals surface area contributed by atoms with Gasteiger partial charge in [-0.2, -0.15) is 0 Å². The molecule has 92 valence electrons. The molecule has 2 aromatic rings. The van der Waals surface area contributed by atoms with Crippen LogP contribution in [0.2, 0.25) is 0 Å². The van der Waals surface area contributed by atoms with Crippen molar-refractivity contribution in [3.05, 3.63) is 46.2 Å². The van der Waals surface area contributed by atoms with E-state index in [0.717, 1.165) is 0 Å². The van der Waals surface area contributed by atoms with E-state index >= 15 is 0 Å². The van der Waals surface area contributed by atoms with Crippen LogP contribution in [-0.4, -0.2) is 27.0 Å². The third kappa shape index (κ3) is 2.89. The highest BCUT2D eigenvalue weighted by Gasteiger charge is 2.08. The zero-order valence-corrected chi connectivity index (χ0v) is 9.98. The van der Waals surface area contributed by atoms with E-state index in [9.17, 15) is 9.59 Å². The van der Waals surface area contributed by atoms with E-state index in [1.54, 1.807) is 10.9 Å². The van der Waals surface area contributed by atoms with Crippen LogP contribution in [0.25, 0.3) is 0 Å². The molecule has 0 aromatic carbocycles. The summed E-state index contributed by atoms with van der Waals surface area (Å²) >= 11 is 1.33. The van der Waals surface area contributed by atoms with Gasteiger partial charge in [-0.15, -0.1) is 11.3 Å². The number of pyridine rings is 1. The van der Waals surface area contributed by atoms with Crippen LogP contribution >= 0.6 is 11.3 Å². The quantitative estimate of drug-likeness (QED) is 0.863. The van der Waals surface area contributed by atoms with Gasteiger partial charge in [0.1, 0.15) is 5.69 Å². The maximum atomic E-state index is 11.6. The van der Waals surface area contributed by atoms with Crippen molar-refractivity contribution < 1.29 is 14.7 Å². The fourth-order valence-corrected chi connectivity index (χ4v) is 1.83. The van der Waals surface area contributed by atoms with E-state index in [1.807, 2.05) is 0 Å². The highest BCUT2D eigenvalue weighted by atomic mass is 32.1. The van der Waals surface area contributed by atoms with Crippen LogP contribution in [0.4, 0.5) is 0 Å². The molecule has 2 rings (SSSR count). The second kappa shape index (κ2) is 5.37. The first-order valence-corrected chi connectivity index (χ1v) is 5.95. The zero-order valence-electron chi connectivity index (χ0n) is 9.16. The summed E-state index contributed by atoms with van der Waals surface area (Å²) in [5.74, 6) is -1.33. The molecular formula is C11H9N3O3S. The number of rotatable bonds is 4. The van der Waals surface area contributed by atoms with Crippen molar-refractivity contribution in [2.45, 2.75) is 6.54 Å². The third-order valence-electron chi connectivity index (χ3n) is 2.16. The van der Waals surface area contributed by atoms with E-state index in [0.29, 0.717) is 11.4 Å². The smallest absolute Gasteiger partial charge is 0.335 e. The van der Waals surface area contributed by atoms with Gasteiger partial charge in [-0.25, -0.2) is 9.78 Å². The molecule has 6 nitrogen and oxygen atoms in total. The van der Waals surface area contributed by atoms with Gasteiger partial charge in [-0.05, 0) is 12.1 Å². The molecule has 0 saturated heterocycles. The fourth-order valence-electron chi connectivity index (χ4n) is 1.29. The predicted octanol–water partition coefficient (Wildman–Crippen LogP) is 1.17. The number of hydrogen-bond donors (Lipinski definition) is 2. The Morgan fingerprint density at radius 2 is 2.22 bits per heavy atom. The van der Waals surface area contributed by atoms with Crippen LogP contribution in [0.3, 0.4) is 0 Å². The molecule has 2 aromatic heterocycles. The van der Waals surface area contributed by atoms with Crippen molar-refractivity contribution in [1.82, 2.24) is 15.3 Å². The number of carboxylic acids is 1. The first kappa shape index (κ1) is 12.2. The highest BCUT2D eigenvalue weighted by Crippen LogP contribution is 2.03. The summed E-state index contributed by atoms with van der Waals surface area (Å²) in [6.07, 6.45) is 1.40. The predicted molar refractivity (Wildman–Crippen MR) is 64.5 cm³/mol. The molecule has 0 aliphatic carbocycles. The van der Waals surface area contributed by atoms with E-state index in [-0.39, 0.29) is 18.0 Å². The number of nitrogens with one attached hydrogen (secondary N) is 1. The molecule has 0 aliphatic rings. The minimum absolute atomic E-state index is 0.142. The Morgan fingerprint density at radius 3 is 2.89 bits per heavy atom. The lowest BCUT2D eigenvalue weighted by atomic mass is 10.2. The molecule has 0 aliphatic heterocycles. The van der Waals surface area contributed by atoms with Gasteiger partial charge in [0.05, 0.1) is 23.3 Å². The van der Waals surface area contributed by atoms with Crippen LogP contribution in [0.1, 0.15) is 26.5 Å². The number of aromatic carboxylic acids is 1. The molecule has 2 heterocycles. The molecule has 0 unspecified atom stereocenters. The normalized spacial score (nSPS) is 10.0. The van der Waals surface area contributed by atoms with E-state index in [2.05, 4.69) is 15.3 Å². The van der Waals surface area contributed by atoms with E-state index in [4.69, 9.17) is 5.11 Å². The van der Waals surface area contributed by atoms with E-state index < -0.39 is 5.97 Å². The number of carbonyl (C=O) groups excluding carboxylic acids is 1. The van der Waals surface area contributed by atoms with Crippen LogP contribution in [0.15, 0.2) is 29.2 Å². The average molecular weight is 263 g/mol. The molecule has 0 saturated carbocycles. The SMILES string of the molecule is O=C(O)c1ccnc(CNC(=O)c2cscn2)c1. The van der Waals surface area contributed by atoms with Crippen molar-refractivity contribution >= 4 is 23.2 Å². The molecule has 0 radical (unpaired) electrons. The van der Waals surface area contributed by atoms with Gasteiger partial charge in [-0.1, -0.05) is 0 Å². The Kier molecular flexibility index (Phi) is 3.63. The molecule has 0 spiro atoms. The maximum Gasteiger partial charge on any atom is 0.335 e. The number of hydrogen-bond acceptors (Lipinski definition) is 5. The van der Waals surface area contributed by atoms with Gasteiger partial charge in [0.15, 0.2) is 0 Å². The summed E-state index contributed by atoms with van der Waals surface area (Å²) in [6, 6.07) is 2.82. The number of thiazole rings is 1. The molecule has 2 N–H and O–H groups in total. The van der Waals surface area contributed by atoms with Gasteiger partial charge in [0.2, 0.25) is 0 Å². The van der Waals surface area contributed by atoms with Crippen molar-refractivity contribution in [2.24, 2.45) is 0 Å². The topological polar surface area (TPSA) is 92.2 Å². The van der Waals surface area contributed by atoms with Gasteiger partial charge in [0, 0.05) is 11.6 Å². The number of aromatic nitrogens is 2. The number of carbonyl (C=O) groups is 2. The van der Waals surface area contributed by atoms with Gasteiger partial charge in [0.25, 0.3) is 5.91 Å². The summed E-state index contributed by atoms with van der Waals surface area (Å²) in [6.45, 7) is 0.164. The molecule has 0 atom stereocenters. The lowest BCUT2D eigenvalue weighted by Gasteiger charge is -2.03. The molecule has 0 bridgehead atoms. The first-order chi connectivity index (χ1) is 8.66. The summed E-state index contributed by atoms with van der Waals surface area (Å²) in [7, 11) is 0. The highest BCUT2D eigenvalue weighted by molar-refractivity contribution is 7.07. The Bertz CT molecular complexity index is 569. The van der Waals surface area contributed by atoms with Crippen LogP contribution in [-0.2, 0) is 6.54 Å².